The third-order valence-electron chi connectivity index (χ3n) is 5.53. The minimum atomic E-state index is -3.75. The number of hydrogen-bond donors (Lipinski definition) is 1. The second kappa shape index (κ2) is 11.9. The zero-order valence-corrected chi connectivity index (χ0v) is 21.6. The van der Waals surface area contributed by atoms with Gasteiger partial charge in [-0.05, 0) is 55.2 Å². The number of anilines is 1. The van der Waals surface area contributed by atoms with Gasteiger partial charge in [0.2, 0.25) is 21.8 Å². The van der Waals surface area contributed by atoms with E-state index in [1.54, 1.807) is 51.3 Å². The molecule has 0 saturated carbocycles. The summed E-state index contributed by atoms with van der Waals surface area (Å²) < 4.78 is 31.6. The zero-order valence-electron chi connectivity index (χ0n) is 20.7. The maximum absolute atomic E-state index is 13.5. The van der Waals surface area contributed by atoms with Crippen molar-refractivity contribution >= 4 is 27.5 Å². The second-order valence-corrected chi connectivity index (χ2v) is 10.4. The van der Waals surface area contributed by atoms with Crippen molar-refractivity contribution in [2.24, 2.45) is 0 Å². The van der Waals surface area contributed by atoms with E-state index in [2.05, 4.69) is 5.32 Å². The molecule has 0 aliphatic carbocycles. The molecule has 0 aliphatic rings. The van der Waals surface area contributed by atoms with Crippen LogP contribution in [0.25, 0.3) is 0 Å². The summed E-state index contributed by atoms with van der Waals surface area (Å²) in [5, 5.41) is 2.73. The van der Waals surface area contributed by atoms with Gasteiger partial charge >= 0.3 is 0 Å². The van der Waals surface area contributed by atoms with Crippen molar-refractivity contribution in [2.45, 2.75) is 46.2 Å². The van der Waals surface area contributed by atoms with Gasteiger partial charge in [-0.2, -0.15) is 0 Å². The van der Waals surface area contributed by atoms with Crippen LogP contribution in [0, 0.1) is 0 Å². The number of nitrogens with zero attached hydrogens (tertiary/aromatic N) is 2. The number of sulfonamides is 1. The lowest BCUT2D eigenvalue weighted by molar-refractivity contribution is -0.139. The Morgan fingerprint density at radius 3 is 2.24 bits per heavy atom. The molecule has 9 heteroatoms. The molecule has 0 unspecified atom stereocenters. The molecular formula is C25H35N3O5S. The van der Waals surface area contributed by atoms with Crippen molar-refractivity contribution in [3.05, 3.63) is 59.7 Å². The predicted molar refractivity (Wildman–Crippen MR) is 134 cm³/mol. The van der Waals surface area contributed by atoms with Crippen molar-refractivity contribution in [3.63, 3.8) is 0 Å². The van der Waals surface area contributed by atoms with Crippen LogP contribution < -0.4 is 14.4 Å². The SMILES string of the molecule is CCNC(=O)[C@@H](C)N(Cc1cccc(OC)c1)C(=O)CN(c1ccc(C(C)C)cc1)S(C)(=O)=O. The first-order valence-electron chi connectivity index (χ1n) is 11.3. The monoisotopic (exact) mass is 489 g/mol. The van der Waals surface area contributed by atoms with Crippen LogP contribution in [0.4, 0.5) is 5.69 Å². The van der Waals surface area contributed by atoms with E-state index in [4.69, 9.17) is 4.74 Å². The first kappa shape index (κ1) is 27.2. The van der Waals surface area contributed by atoms with E-state index in [0.717, 1.165) is 21.7 Å². The number of benzene rings is 2. The lowest BCUT2D eigenvalue weighted by Crippen LogP contribution is -2.51. The molecule has 1 N–H and O–H groups in total. The number of ether oxygens (including phenoxy) is 1. The Hall–Kier alpha value is -3.07. The summed E-state index contributed by atoms with van der Waals surface area (Å²) in [6.07, 6.45) is 1.07. The summed E-state index contributed by atoms with van der Waals surface area (Å²) in [4.78, 5) is 27.5. The van der Waals surface area contributed by atoms with E-state index in [0.29, 0.717) is 23.9 Å². The molecule has 2 rings (SSSR count). The van der Waals surface area contributed by atoms with Crippen LogP contribution in [0.3, 0.4) is 0 Å². The van der Waals surface area contributed by atoms with E-state index in [1.807, 2.05) is 32.0 Å². The van der Waals surface area contributed by atoms with Gasteiger partial charge in [-0.1, -0.05) is 38.1 Å². The molecule has 1 atom stereocenters. The van der Waals surface area contributed by atoms with Gasteiger partial charge in [-0.25, -0.2) is 8.42 Å². The third kappa shape index (κ3) is 7.21. The Balaban J connectivity index is 2.38. The molecule has 0 saturated heterocycles. The quantitative estimate of drug-likeness (QED) is 0.523. The Morgan fingerprint density at radius 1 is 1.06 bits per heavy atom. The van der Waals surface area contributed by atoms with Crippen molar-refractivity contribution in [1.29, 1.82) is 0 Å². The fraction of sp³-hybridized carbons (Fsp3) is 0.440. The standard InChI is InChI=1S/C25H35N3O5S/c1-7-26-25(30)19(4)27(16-20-9-8-10-23(15-20)33-5)24(29)17-28(34(6,31)32)22-13-11-21(12-14-22)18(2)3/h8-15,18-19H,7,16-17H2,1-6H3,(H,26,30)/t19-/m1/s1. The first-order chi connectivity index (χ1) is 16.0. The lowest BCUT2D eigenvalue weighted by atomic mass is 10.0. The van der Waals surface area contributed by atoms with E-state index < -0.39 is 28.5 Å². The molecule has 0 radical (unpaired) electrons. The smallest absolute Gasteiger partial charge is 0.244 e. The molecule has 0 spiro atoms. The van der Waals surface area contributed by atoms with Gasteiger partial charge in [0.1, 0.15) is 18.3 Å². The molecule has 2 aromatic carbocycles. The molecule has 0 aliphatic heterocycles. The van der Waals surface area contributed by atoms with Crippen molar-refractivity contribution in [2.75, 3.05) is 30.8 Å². The largest absolute Gasteiger partial charge is 0.497 e. The van der Waals surface area contributed by atoms with Crippen LogP contribution in [0.5, 0.6) is 5.75 Å². The highest BCUT2D eigenvalue weighted by Crippen LogP contribution is 2.23. The van der Waals surface area contributed by atoms with Gasteiger partial charge in [-0.15, -0.1) is 0 Å². The van der Waals surface area contributed by atoms with E-state index in [1.165, 1.54) is 4.90 Å². The first-order valence-corrected chi connectivity index (χ1v) is 13.1. The summed E-state index contributed by atoms with van der Waals surface area (Å²) >= 11 is 0. The summed E-state index contributed by atoms with van der Waals surface area (Å²) in [5.74, 6) is 0.114. The van der Waals surface area contributed by atoms with Crippen LogP contribution in [-0.2, 0) is 26.2 Å². The van der Waals surface area contributed by atoms with Crippen molar-refractivity contribution < 1.29 is 22.7 Å². The highest BCUT2D eigenvalue weighted by molar-refractivity contribution is 7.92. The van der Waals surface area contributed by atoms with Gasteiger partial charge < -0.3 is 15.0 Å². The van der Waals surface area contributed by atoms with Crippen LogP contribution in [0.1, 0.15) is 44.7 Å². The Morgan fingerprint density at radius 2 is 1.71 bits per heavy atom. The number of nitrogens with one attached hydrogen (secondary N) is 1. The fourth-order valence-corrected chi connectivity index (χ4v) is 4.36. The average molecular weight is 490 g/mol. The van der Waals surface area contributed by atoms with Gasteiger partial charge in [0.15, 0.2) is 0 Å². The van der Waals surface area contributed by atoms with Crippen LogP contribution in [0.15, 0.2) is 48.5 Å². The Kier molecular flexibility index (Phi) is 9.49. The Labute approximate surface area is 202 Å². The molecule has 2 amide bonds. The highest BCUT2D eigenvalue weighted by Gasteiger charge is 2.30. The van der Waals surface area contributed by atoms with Gasteiger partial charge in [0, 0.05) is 13.1 Å². The van der Waals surface area contributed by atoms with E-state index in [9.17, 15) is 18.0 Å². The molecule has 186 valence electrons. The number of amides is 2. The average Bonchev–Trinajstić information content (AvgIpc) is 2.80. The Bertz CT molecular complexity index is 1080. The number of likely N-dealkylation sites (N-methyl/N-ethyl adjacent to an activating group) is 1. The van der Waals surface area contributed by atoms with E-state index >= 15 is 0 Å². The fourth-order valence-electron chi connectivity index (χ4n) is 3.51. The molecular weight excluding hydrogens is 454 g/mol. The number of carbonyl (C=O) groups excluding carboxylic acids is 2. The molecule has 0 aromatic heterocycles. The summed E-state index contributed by atoms with van der Waals surface area (Å²) in [6, 6.07) is 13.5. The summed E-state index contributed by atoms with van der Waals surface area (Å²) in [7, 11) is -2.20. The number of hydrogen-bond acceptors (Lipinski definition) is 5. The number of rotatable bonds is 11. The summed E-state index contributed by atoms with van der Waals surface area (Å²) in [5.41, 5.74) is 2.22. The molecule has 0 bridgehead atoms. The number of methoxy groups -OCH3 is 1. The highest BCUT2D eigenvalue weighted by atomic mass is 32.2. The van der Waals surface area contributed by atoms with Gasteiger partial charge in [0.05, 0.1) is 19.1 Å². The predicted octanol–water partition coefficient (Wildman–Crippen LogP) is 3.14. The maximum atomic E-state index is 13.5. The van der Waals surface area contributed by atoms with Crippen LogP contribution in [0.2, 0.25) is 0 Å². The van der Waals surface area contributed by atoms with Crippen molar-refractivity contribution in [3.8, 4) is 5.75 Å². The van der Waals surface area contributed by atoms with Crippen LogP contribution in [-0.4, -0.2) is 57.6 Å². The minimum absolute atomic E-state index is 0.123. The van der Waals surface area contributed by atoms with Crippen LogP contribution >= 0.6 is 0 Å². The van der Waals surface area contributed by atoms with Gasteiger partial charge in [0.25, 0.3) is 0 Å². The third-order valence-corrected chi connectivity index (χ3v) is 6.67. The molecule has 0 heterocycles. The van der Waals surface area contributed by atoms with Crippen molar-refractivity contribution in [1.82, 2.24) is 10.2 Å². The minimum Gasteiger partial charge on any atom is -0.497 e. The molecule has 2 aromatic rings. The molecule has 0 fully saturated rings. The topological polar surface area (TPSA) is 96.0 Å². The normalized spacial score (nSPS) is 12.2. The maximum Gasteiger partial charge on any atom is 0.244 e. The zero-order chi connectivity index (χ0) is 25.5. The molecule has 34 heavy (non-hydrogen) atoms. The van der Waals surface area contributed by atoms with E-state index in [-0.39, 0.29) is 12.5 Å². The number of carbonyl (C=O) groups is 2. The second-order valence-electron chi connectivity index (χ2n) is 8.46. The molecule has 8 nitrogen and oxygen atoms in total. The summed E-state index contributed by atoms with van der Waals surface area (Å²) in [6.45, 7) is 7.64. The lowest BCUT2D eigenvalue weighted by Gasteiger charge is -2.31. The van der Waals surface area contributed by atoms with Gasteiger partial charge in [-0.3, -0.25) is 13.9 Å².